The first-order valence-electron chi connectivity index (χ1n) is 8.02. The topological polar surface area (TPSA) is 51.9 Å². The molecule has 126 valence electrons. The molecule has 0 aliphatic rings. The molecule has 1 aromatic heterocycles. The van der Waals surface area contributed by atoms with Gasteiger partial charge in [-0.15, -0.1) is 5.10 Å². The third-order valence-electron chi connectivity index (χ3n) is 3.62. The summed E-state index contributed by atoms with van der Waals surface area (Å²) in [7, 11) is 5.51. The van der Waals surface area contributed by atoms with Gasteiger partial charge in [0.25, 0.3) is 0 Å². The van der Waals surface area contributed by atoms with E-state index < -0.39 is 0 Å². The van der Waals surface area contributed by atoms with E-state index >= 15 is 0 Å². The second kappa shape index (κ2) is 8.26. The number of aromatic nitrogens is 3. The monoisotopic (exact) mass is 324 g/mol. The summed E-state index contributed by atoms with van der Waals surface area (Å²) >= 11 is 0. The Morgan fingerprint density at radius 3 is 2.21 bits per heavy atom. The normalized spacial score (nSPS) is 10.2. The van der Waals surface area contributed by atoms with Gasteiger partial charge in [-0.3, -0.25) is 4.57 Å². The zero-order valence-corrected chi connectivity index (χ0v) is 14.7. The summed E-state index contributed by atoms with van der Waals surface area (Å²) < 4.78 is 3.04. The number of aryl methyl sites for hydroxylation is 1. The molecule has 0 saturated heterocycles. The minimum absolute atomic E-state index is 0.137. The summed E-state index contributed by atoms with van der Waals surface area (Å²) in [5, 5.41) is 7.28. The molecule has 1 N–H and O–H groups in total. The van der Waals surface area contributed by atoms with Crippen LogP contribution in [0.25, 0.3) is 17.1 Å². The summed E-state index contributed by atoms with van der Waals surface area (Å²) in [5.74, 6) is 0.696. The van der Waals surface area contributed by atoms with Crippen molar-refractivity contribution in [3.63, 3.8) is 0 Å². The maximum absolute atomic E-state index is 12.4. The van der Waals surface area contributed by atoms with Gasteiger partial charge in [-0.1, -0.05) is 49.4 Å². The van der Waals surface area contributed by atoms with Crippen molar-refractivity contribution in [2.45, 2.75) is 13.3 Å². The second-order valence-corrected chi connectivity index (χ2v) is 5.42. The zero-order chi connectivity index (χ0) is 17.5. The molecule has 24 heavy (non-hydrogen) atoms. The minimum Gasteiger partial charge on any atom is -0.323 e. The number of hydrogen-bond acceptors (Lipinski definition) is 3. The molecule has 0 fully saturated rings. The van der Waals surface area contributed by atoms with E-state index in [0.717, 1.165) is 17.7 Å². The van der Waals surface area contributed by atoms with Gasteiger partial charge in [-0.05, 0) is 38.2 Å². The number of benzene rings is 2. The Kier molecular flexibility index (Phi) is 6.09. The number of rotatable bonds is 3. The van der Waals surface area contributed by atoms with Crippen LogP contribution in [0.4, 0.5) is 0 Å². The number of nitrogens with zero attached hydrogens (tertiary/aromatic N) is 3. The lowest BCUT2D eigenvalue weighted by molar-refractivity contribution is 0.799. The zero-order valence-electron chi connectivity index (χ0n) is 14.7. The molecule has 0 bridgehead atoms. The molecule has 2 aromatic carbocycles. The minimum atomic E-state index is -0.137. The summed E-state index contributed by atoms with van der Waals surface area (Å²) in [5.41, 5.74) is 2.83. The van der Waals surface area contributed by atoms with Gasteiger partial charge in [0.1, 0.15) is 0 Å². The molecule has 1 heterocycles. The van der Waals surface area contributed by atoms with E-state index in [1.54, 1.807) is 11.6 Å². The van der Waals surface area contributed by atoms with E-state index in [9.17, 15) is 4.79 Å². The van der Waals surface area contributed by atoms with Crippen molar-refractivity contribution >= 4 is 0 Å². The van der Waals surface area contributed by atoms with Crippen molar-refractivity contribution in [1.29, 1.82) is 0 Å². The van der Waals surface area contributed by atoms with Crippen molar-refractivity contribution in [2.24, 2.45) is 7.05 Å². The molecule has 3 aromatic rings. The highest BCUT2D eigenvalue weighted by molar-refractivity contribution is 5.60. The van der Waals surface area contributed by atoms with Gasteiger partial charge in [0.15, 0.2) is 5.82 Å². The summed E-state index contributed by atoms with van der Waals surface area (Å²) in [6.45, 7) is 2.10. The lowest BCUT2D eigenvalue weighted by Crippen LogP contribution is -2.21. The Morgan fingerprint density at radius 1 is 1.00 bits per heavy atom. The molecule has 0 radical (unpaired) electrons. The fourth-order valence-electron chi connectivity index (χ4n) is 2.46. The lowest BCUT2D eigenvalue weighted by atomic mass is 10.1. The molecule has 0 amide bonds. The van der Waals surface area contributed by atoms with Crippen LogP contribution in [0.2, 0.25) is 0 Å². The van der Waals surface area contributed by atoms with Crippen molar-refractivity contribution in [1.82, 2.24) is 19.7 Å². The highest BCUT2D eigenvalue weighted by atomic mass is 16.2. The smallest absolute Gasteiger partial charge is 0.323 e. The number of para-hydroxylation sites is 1. The van der Waals surface area contributed by atoms with Crippen LogP contribution in [0.15, 0.2) is 59.4 Å². The summed E-state index contributed by atoms with van der Waals surface area (Å²) in [6, 6.07) is 17.5. The van der Waals surface area contributed by atoms with Gasteiger partial charge < -0.3 is 5.32 Å². The van der Waals surface area contributed by atoms with Crippen LogP contribution in [0.5, 0.6) is 0 Å². The van der Waals surface area contributed by atoms with Crippen LogP contribution in [-0.2, 0) is 13.5 Å². The quantitative estimate of drug-likeness (QED) is 0.806. The first-order chi connectivity index (χ1) is 11.6. The molecule has 0 aliphatic carbocycles. The average molecular weight is 324 g/mol. The van der Waals surface area contributed by atoms with Crippen molar-refractivity contribution in [3.8, 4) is 17.1 Å². The fourth-order valence-corrected chi connectivity index (χ4v) is 2.46. The molecule has 0 spiro atoms. The van der Waals surface area contributed by atoms with Crippen LogP contribution in [0, 0.1) is 0 Å². The molecule has 0 aliphatic heterocycles. The van der Waals surface area contributed by atoms with Crippen molar-refractivity contribution in [2.75, 3.05) is 14.1 Å². The number of hydrogen-bond donors (Lipinski definition) is 1. The van der Waals surface area contributed by atoms with Crippen LogP contribution in [0.1, 0.15) is 12.5 Å². The van der Waals surface area contributed by atoms with Gasteiger partial charge in [0.05, 0.1) is 5.69 Å². The van der Waals surface area contributed by atoms with Crippen LogP contribution >= 0.6 is 0 Å². The number of nitrogens with one attached hydrogen (secondary N) is 1. The van der Waals surface area contributed by atoms with Gasteiger partial charge >= 0.3 is 5.69 Å². The molecule has 0 unspecified atom stereocenters. The van der Waals surface area contributed by atoms with E-state index in [1.807, 2.05) is 62.6 Å². The van der Waals surface area contributed by atoms with Crippen LogP contribution < -0.4 is 11.0 Å². The molecular weight excluding hydrogens is 300 g/mol. The average Bonchev–Trinajstić information content (AvgIpc) is 2.92. The van der Waals surface area contributed by atoms with E-state index in [4.69, 9.17) is 0 Å². The molecule has 5 nitrogen and oxygen atoms in total. The first-order valence-corrected chi connectivity index (χ1v) is 8.02. The SMILES string of the molecule is CCc1ccccc1-c1nn(-c2ccccc2)c(=O)n1C.CNC. The van der Waals surface area contributed by atoms with Gasteiger partial charge in [-0.25, -0.2) is 4.79 Å². The van der Waals surface area contributed by atoms with Gasteiger partial charge in [0.2, 0.25) is 0 Å². The van der Waals surface area contributed by atoms with Crippen LogP contribution in [0.3, 0.4) is 0 Å². The van der Waals surface area contributed by atoms with E-state index in [1.165, 1.54) is 10.2 Å². The first kappa shape index (κ1) is 17.7. The summed E-state index contributed by atoms with van der Waals surface area (Å²) in [4.78, 5) is 12.4. The highest BCUT2D eigenvalue weighted by Crippen LogP contribution is 2.21. The van der Waals surface area contributed by atoms with E-state index in [-0.39, 0.29) is 5.69 Å². The maximum atomic E-state index is 12.4. The third kappa shape index (κ3) is 3.63. The molecular formula is C19H24N4O. The van der Waals surface area contributed by atoms with E-state index in [0.29, 0.717) is 5.82 Å². The lowest BCUT2D eigenvalue weighted by Gasteiger charge is -2.05. The van der Waals surface area contributed by atoms with Gasteiger partial charge in [-0.2, -0.15) is 4.68 Å². The Morgan fingerprint density at radius 2 is 1.58 bits per heavy atom. The Labute approximate surface area is 142 Å². The molecule has 0 atom stereocenters. The molecule has 3 rings (SSSR count). The Balaban J connectivity index is 0.000000647. The molecule has 5 heteroatoms. The van der Waals surface area contributed by atoms with Crippen LogP contribution in [-0.4, -0.2) is 28.4 Å². The Bertz CT molecular complexity index is 834. The summed E-state index contributed by atoms with van der Waals surface area (Å²) in [6.07, 6.45) is 0.905. The van der Waals surface area contributed by atoms with Crippen molar-refractivity contribution < 1.29 is 0 Å². The molecule has 0 saturated carbocycles. The van der Waals surface area contributed by atoms with Gasteiger partial charge in [0, 0.05) is 12.6 Å². The predicted molar refractivity (Wildman–Crippen MR) is 98.6 cm³/mol. The standard InChI is InChI=1S/C17H17N3O.C2H7N/c1-3-13-9-7-8-12-15(13)16-18-20(17(21)19(16)2)14-10-5-4-6-11-14;1-3-2/h4-12H,3H2,1-2H3;3H,1-2H3. The van der Waals surface area contributed by atoms with E-state index in [2.05, 4.69) is 23.4 Å². The van der Waals surface area contributed by atoms with Crippen molar-refractivity contribution in [3.05, 3.63) is 70.6 Å². The third-order valence-corrected chi connectivity index (χ3v) is 3.62. The highest BCUT2D eigenvalue weighted by Gasteiger charge is 2.15. The Hall–Kier alpha value is -2.66. The predicted octanol–water partition coefficient (Wildman–Crippen LogP) is 2.64. The maximum Gasteiger partial charge on any atom is 0.350 e. The second-order valence-electron chi connectivity index (χ2n) is 5.42. The largest absolute Gasteiger partial charge is 0.350 e. The fraction of sp³-hybridized carbons (Fsp3) is 0.263.